The molecule has 0 amide bonds. The maximum atomic E-state index is 6.36. The lowest BCUT2D eigenvalue weighted by Crippen LogP contribution is -2.46. The topological polar surface area (TPSA) is 22.3 Å². The monoisotopic (exact) mass is 423 g/mol. The summed E-state index contributed by atoms with van der Waals surface area (Å²) in [5, 5.41) is 2.65. The number of anilines is 1. The van der Waals surface area contributed by atoms with Crippen LogP contribution >= 0.6 is 35.6 Å². The predicted molar refractivity (Wildman–Crippen MR) is 119 cm³/mol. The first-order valence-corrected chi connectivity index (χ1v) is 9.94. The Morgan fingerprint density at radius 3 is 2.52 bits per heavy atom. The third-order valence-electron chi connectivity index (χ3n) is 5.24. The lowest BCUT2D eigenvalue weighted by atomic mass is 10.1. The van der Waals surface area contributed by atoms with Gasteiger partial charge in [0.15, 0.2) is 0 Å². The minimum Gasteiger partial charge on any atom is -0.368 e. The van der Waals surface area contributed by atoms with Gasteiger partial charge < -0.3 is 9.88 Å². The van der Waals surface area contributed by atoms with Crippen LogP contribution in [0.4, 0.5) is 5.69 Å². The van der Waals surface area contributed by atoms with E-state index in [1.54, 1.807) is 0 Å². The Hall–Kier alpha value is -1.39. The Kier molecular flexibility index (Phi) is 6.93. The van der Waals surface area contributed by atoms with Crippen LogP contribution in [-0.2, 0) is 6.42 Å². The second-order valence-corrected chi connectivity index (χ2v) is 7.65. The van der Waals surface area contributed by atoms with Crippen molar-refractivity contribution in [3.05, 3.63) is 64.3 Å². The number of piperazine rings is 1. The molecule has 0 atom stereocenters. The normalized spacial score (nSPS) is 15.1. The van der Waals surface area contributed by atoms with E-state index in [0.717, 1.165) is 44.8 Å². The van der Waals surface area contributed by atoms with Crippen LogP contribution in [0.15, 0.2) is 48.7 Å². The number of para-hydroxylation sites is 1. The molecule has 0 unspecified atom stereocenters. The molecule has 0 spiro atoms. The standard InChI is InChI=1S/C21H23Cl2N3.ClH/c22-18-7-3-9-20(21(18)23)26-13-11-25(12-14-26)10-4-5-16-15-24-19-8-2-1-6-17(16)19;/h1-3,6-9,15,24H,4-5,10-14H2;1H. The molecule has 1 aliphatic rings. The highest BCUT2D eigenvalue weighted by Crippen LogP contribution is 2.32. The summed E-state index contributed by atoms with van der Waals surface area (Å²) in [6.45, 7) is 5.25. The van der Waals surface area contributed by atoms with Crippen molar-refractivity contribution >= 4 is 52.2 Å². The molecule has 3 aromatic rings. The minimum absolute atomic E-state index is 0. The van der Waals surface area contributed by atoms with Crippen LogP contribution < -0.4 is 4.90 Å². The van der Waals surface area contributed by atoms with Crippen LogP contribution in [0, 0.1) is 0 Å². The smallest absolute Gasteiger partial charge is 0.0825 e. The molecule has 0 radical (unpaired) electrons. The fourth-order valence-electron chi connectivity index (χ4n) is 3.78. The number of nitrogens with zero attached hydrogens (tertiary/aromatic N) is 2. The van der Waals surface area contributed by atoms with Gasteiger partial charge in [-0.1, -0.05) is 47.5 Å². The number of H-pyrrole nitrogens is 1. The fraction of sp³-hybridized carbons (Fsp3) is 0.333. The molecule has 3 nitrogen and oxygen atoms in total. The van der Waals surface area contributed by atoms with Crippen molar-refractivity contribution in [3.63, 3.8) is 0 Å². The molecule has 1 saturated heterocycles. The van der Waals surface area contributed by atoms with E-state index in [1.165, 1.54) is 22.9 Å². The summed E-state index contributed by atoms with van der Waals surface area (Å²) < 4.78 is 0. The summed E-state index contributed by atoms with van der Waals surface area (Å²) in [4.78, 5) is 8.25. The third-order valence-corrected chi connectivity index (χ3v) is 6.05. The summed E-state index contributed by atoms with van der Waals surface area (Å²) in [6.07, 6.45) is 4.45. The number of aromatic amines is 1. The summed E-state index contributed by atoms with van der Waals surface area (Å²) in [7, 11) is 0. The first-order chi connectivity index (χ1) is 12.7. The molecule has 27 heavy (non-hydrogen) atoms. The molecule has 1 aromatic heterocycles. The Balaban J connectivity index is 0.00000210. The zero-order valence-corrected chi connectivity index (χ0v) is 17.5. The number of benzene rings is 2. The van der Waals surface area contributed by atoms with Gasteiger partial charge in [0.05, 0.1) is 15.7 Å². The average Bonchev–Trinajstić information content (AvgIpc) is 3.08. The quantitative estimate of drug-likeness (QED) is 0.571. The Morgan fingerprint density at radius 2 is 1.70 bits per heavy atom. The van der Waals surface area contributed by atoms with Gasteiger partial charge >= 0.3 is 0 Å². The Morgan fingerprint density at radius 1 is 0.926 bits per heavy atom. The third kappa shape index (κ3) is 4.55. The number of halogens is 3. The molecule has 4 rings (SSSR count). The average molecular weight is 425 g/mol. The second-order valence-electron chi connectivity index (χ2n) is 6.86. The van der Waals surface area contributed by atoms with Crippen molar-refractivity contribution < 1.29 is 0 Å². The van der Waals surface area contributed by atoms with E-state index in [4.69, 9.17) is 23.2 Å². The molecule has 6 heteroatoms. The van der Waals surface area contributed by atoms with Gasteiger partial charge in [-0.25, -0.2) is 0 Å². The number of aryl methyl sites for hydroxylation is 1. The van der Waals surface area contributed by atoms with Gasteiger partial charge in [0.2, 0.25) is 0 Å². The molecule has 2 aromatic carbocycles. The zero-order valence-electron chi connectivity index (χ0n) is 15.1. The van der Waals surface area contributed by atoms with Crippen molar-refractivity contribution in [2.24, 2.45) is 0 Å². The van der Waals surface area contributed by atoms with E-state index in [1.807, 2.05) is 12.1 Å². The molecule has 1 N–H and O–H groups in total. The van der Waals surface area contributed by atoms with Crippen LogP contribution in [0.3, 0.4) is 0 Å². The SMILES string of the molecule is Cl.Clc1cccc(N2CCN(CCCc3c[nH]c4ccccc34)CC2)c1Cl. The van der Waals surface area contributed by atoms with Crippen LogP contribution in [0.1, 0.15) is 12.0 Å². The number of fused-ring (bicyclic) bond motifs is 1. The van der Waals surface area contributed by atoms with Gasteiger partial charge in [-0.2, -0.15) is 0 Å². The van der Waals surface area contributed by atoms with E-state index in [0.29, 0.717) is 10.0 Å². The van der Waals surface area contributed by atoms with Crippen LogP contribution in [0.25, 0.3) is 10.9 Å². The van der Waals surface area contributed by atoms with Crippen molar-refractivity contribution in [3.8, 4) is 0 Å². The Bertz CT molecular complexity index is 885. The summed E-state index contributed by atoms with van der Waals surface area (Å²) >= 11 is 12.5. The van der Waals surface area contributed by atoms with Crippen molar-refractivity contribution in [1.29, 1.82) is 0 Å². The molecule has 0 saturated carbocycles. The number of rotatable bonds is 5. The number of nitrogens with one attached hydrogen (secondary N) is 1. The molecule has 0 aliphatic carbocycles. The predicted octanol–water partition coefficient (Wildman–Crippen LogP) is 5.65. The van der Waals surface area contributed by atoms with Crippen LogP contribution in [-0.4, -0.2) is 42.6 Å². The summed E-state index contributed by atoms with van der Waals surface area (Å²) in [5.74, 6) is 0. The zero-order chi connectivity index (χ0) is 17.9. The molecule has 144 valence electrons. The number of hydrogen-bond acceptors (Lipinski definition) is 2. The van der Waals surface area contributed by atoms with Crippen molar-refractivity contribution in [1.82, 2.24) is 9.88 Å². The maximum absolute atomic E-state index is 6.36. The van der Waals surface area contributed by atoms with Crippen molar-refractivity contribution in [2.75, 3.05) is 37.6 Å². The second kappa shape index (κ2) is 9.20. The lowest BCUT2D eigenvalue weighted by molar-refractivity contribution is 0.255. The van der Waals surface area contributed by atoms with Crippen LogP contribution in [0.2, 0.25) is 10.0 Å². The Labute approximate surface area is 176 Å². The summed E-state index contributed by atoms with van der Waals surface area (Å²) in [5.41, 5.74) is 3.71. The lowest BCUT2D eigenvalue weighted by Gasteiger charge is -2.36. The van der Waals surface area contributed by atoms with Gasteiger partial charge in [0.25, 0.3) is 0 Å². The molecule has 1 aliphatic heterocycles. The fourth-order valence-corrected chi connectivity index (χ4v) is 4.20. The largest absolute Gasteiger partial charge is 0.368 e. The maximum Gasteiger partial charge on any atom is 0.0825 e. The van der Waals surface area contributed by atoms with E-state index in [-0.39, 0.29) is 12.4 Å². The number of hydrogen-bond donors (Lipinski definition) is 1. The van der Waals surface area contributed by atoms with E-state index in [9.17, 15) is 0 Å². The molecular weight excluding hydrogens is 401 g/mol. The van der Waals surface area contributed by atoms with E-state index in [2.05, 4.69) is 51.3 Å². The van der Waals surface area contributed by atoms with Crippen molar-refractivity contribution in [2.45, 2.75) is 12.8 Å². The number of aromatic nitrogens is 1. The van der Waals surface area contributed by atoms with Gasteiger partial charge in [-0.05, 0) is 43.1 Å². The molecule has 1 fully saturated rings. The summed E-state index contributed by atoms with van der Waals surface area (Å²) in [6, 6.07) is 14.4. The highest BCUT2D eigenvalue weighted by atomic mass is 35.5. The molecule has 0 bridgehead atoms. The van der Waals surface area contributed by atoms with E-state index >= 15 is 0 Å². The van der Waals surface area contributed by atoms with Gasteiger partial charge in [0.1, 0.15) is 0 Å². The minimum atomic E-state index is 0. The van der Waals surface area contributed by atoms with Gasteiger partial charge in [-0.15, -0.1) is 12.4 Å². The van der Waals surface area contributed by atoms with Crippen LogP contribution in [0.5, 0.6) is 0 Å². The first-order valence-electron chi connectivity index (χ1n) is 9.18. The first kappa shape index (κ1) is 20.3. The highest BCUT2D eigenvalue weighted by molar-refractivity contribution is 6.43. The van der Waals surface area contributed by atoms with E-state index < -0.39 is 0 Å². The molecular formula is C21H24Cl3N3. The molecule has 2 heterocycles. The van der Waals surface area contributed by atoms with Gasteiger partial charge in [0, 0.05) is 43.3 Å². The highest BCUT2D eigenvalue weighted by Gasteiger charge is 2.19. The van der Waals surface area contributed by atoms with Gasteiger partial charge in [-0.3, -0.25) is 4.90 Å².